The predicted octanol–water partition coefficient (Wildman–Crippen LogP) is 3.29. The van der Waals surface area contributed by atoms with Gasteiger partial charge in [-0.1, -0.05) is 18.2 Å². The van der Waals surface area contributed by atoms with E-state index in [0.29, 0.717) is 24.3 Å². The Bertz CT molecular complexity index is 710. The van der Waals surface area contributed by atoms with Crippen LogP contribution in [0.2, 0.25) is 0 Å². The van der Waals surface area contributed by atoms with Gasteiger partial charge in [0.1, 0.15) is 5.76 Å². The number of carbonyl (C=O) groups excluding carboxylic acids is 1. The summed E-state index contributed by atoms with van der Waals surface area (Å²) in [5.74, 6) is 2.37. The van der Waals surface area contributed by atoms with Crippen molar-refractivity contribution in [1.29, 1.82) is 0 Å². The molecule has 2 aliphatic rings. The molecule has 1 saturated heterocycles. The third kappa shape index (κ3) is 3.11. The molecule has 1 aliphatic heterocycles. The minimum Gasteiger partial charge on any atom is -0.464 e. The molecule has 4 heteroatoms. The van der Waals surface area contributed by atoms with Gasteiger partial charge in [0.2, 0.25) is 5.91 Å². The Labute approximate surface area is 142 Å². The molecular formula is C20H24N2O2. The number of nitrogens with zero attached hydrogens (tertiary/aromatic N) is 1. The molecule has 0 radical (unpaired) electrons. The normalized spacial score (nSPS) is 26.4. The summed E-state index contributed by atoms with van der Waals surface area (Å²) < 4.78 is 5.50. The number of amides is 1. The maximum Gasteiger partial charge on any atom is 0.220 e. The number of hydrogen-bond donors (Lipinski definition) is 1. The standard InChI is InChI=1S/C20H24N2O2/c1-22(18-9-16-11-20(23)21-12-17(16)10-18)13-14-4-2-5-15(8-14)19-6-3-7-24-19/h2-8,16-18H,9-13H2,1H3,(H,21,23)/t16-,17+,18-/m1/s1. The summed E-state index contributed by atoms with van der Waals surface area (Å²) in [6.07, 6.45) is 4.76. The predicted molar refractivity (Wildman–Crippen MR) is 93.2 cm³/mol. The number of hydrogen-bond acceptors (Lipinski definition) is 3. The lowest BCUT2D eigenvalue weighted by atomic mass is 9.89. The van der Waals surface area contributed by atoms with Crippen LogP contribution >= 0.6 is 0 Å². The van der Waals surface area contributed by atoms with Gasteiger partial charge in [-0.25, -0.2) is 0 Å². The van der Waals surface area contributed by atoms with Crippen LogP contribution in [-0.4, -0.2) is 30.4 Å². The van der Waals surface area contributed by atoms with Gasteiger partial charge < -0.3 is 9.73 Å². The van der Waals surface area contributed by atoms with E-state index in [0.717, 1.165) is 30.8 Å². The smallest absolute Gasteiger partial charge is 0.220 e. The lowest BCUT2D eigenvalue weighted by Gasteiger charge is -2.24. The van der Waals surface area contributed by atoms with Crippen molar-refractivity contribution in [3.05, 3.63) is 48.2 Å². The zero-order valence-corrected chi connectivity index (χ0v) is 14.1. The fourth-order valence-corrected chi connectivity index (χ4v) is 4.28. The Kier molecular flexibility index (Phi) is 4.15. The molecule has 4 rings (SSSR count). The molecule has 0 unspecified atom stereocenters. The molecule has 24 heavy (non-hydrogen) atoms. The second kappa shape index (κ2) is 6.44. The zero-order chi connectivity index (χ0) is 16.5. The van der Waals surface area contributed by atoms with Crippen molar-refractivity contribution >= 4 is 5.91 Å². The van der Waals surface area contributed by atoms with E-state index in [1.54, 1.807) is 6.26 Å². The van der Waals surface area contributed by atoms with Crippen LogP contribution in [0.5, 0.6) is 0 Å². The average Bonchev–Trinajstić information content (AvgIpc) is 3.24. The van der Waals surface area contributed by atoms with Crippen LogP contribution in [0, 0.1) is 11.8 Å². The SMILES string of the molecule is CN(Cc1cccc(-c2ccco2)c1)[C@H]1C[C@H]2CNC(=O)C[C@H]2C1. The topological polar surface area (TPSA) is 45.5 Å². The van der Waals surface area contributed by atoms with E-state index >= 15 is 0 Å². The number of carbonyl (C=O) groups is 1. The second-order valence-electron chi connectivity index (χ2n) is 7.25. The lowest BCUT2D eigenvalue weighted by molar-refractivity contribution is -0.124. The Hall–Kier alpha value is -2.07. The molecule has 3 atom stereocenters. The van der Waals surface area contributed by atoms with Gasteiger partial charge in [0.15, 0.2) is 0 Å². The minimum absolute atomic E-state index is 0.228. The van der Waals surface area contributed by atoms with E-state index < -0.39 is 0 Å². The zero-order valence-electron chi connectivity index (χ0n) is 14.1. The summed E-state index contributed by atoms with van der Waals surface area (Å²) in [6.45, 7) is 1.79. The van der Waals surface area contributed by atoms with Gasteiger partial charge in [0.05, 0.1) is 6.26 Å². The third-order valence-electron chi connectivity index (χ3n) is 5.61. The van der Waals surface area contributed by atoms with Crippen molar-refractivity contribution in [2.45, 2.75) is 31.8 Å². The molecule has 2 aromatic rings. The summed E-state index contributed by atoms with van der Waals surface area (Å²) in [7, 11) is 2.21. The molecule has 4 nitrogen and oxygen atoms in total. The van der Waals surface area contributed by atoms with E-state index in [2.05, 4.69) is 41.5 Å². The highest BCUT2D eigenvalue weighted by atomic mass is 16.3. The highest BCUT2D eigenvalue weighted by molar-refractivity contribution is 5.77. The van der Waals surface area contributed by atoms with Crippen LogP contribution in [0.25, 0.3) is 11.3 Å². The van der Waals surface area contributed by atoms with Crippen LogP contribution in [0.1, 0.15) is 24.8 Å². The summed E-state index contributed by atoms with van der Waals surface area (Å²) >= 11 is 0. The summed E-state index contributed by atoms with van der Waals surface area (Å²) in [5.41, 5.74) is 2.43. The van der Waals surface area contributed by atoms with E-state index in [1.165, 1.54) is 12.0 Å². The molecule has 1 N–H and O–H groups in total. The van der Waals surface area contributed by atoms with Crippen molar-refractivity contribution in [3.8, 4) is 11.3 Å². The fraction of sp³-hybridized carbons (Fsp3) is 0.450. The summed E-state index contributed by atoms with van der Waals surface area (Å²) in [4.78, 5) is 14.0. The van der Waals surface area contributed by atoms with Crippen LogP contribution < -0.4 is 5.32 Å². The summed E-state index contributed by atoms with van der Waals surface area (Å²) in [6, 6.07) is 13.1. The quantitative estimate of drug-likeness (QED) is 0.938. The van der Waals surface area contributed by atoms with Gasteiger partial charge in [-0.2, -0.15) is 0 Å². The molecule has 126 valence electrons. The van der Waals surface area contributed by atoms with Crippen LogP contribution in [0.3, 0.4) is 0 Å². The first-order chi connectivity index (χ1) is 11.7. The van der Waals surface area contributed by atoms with E-state index in [4.69, 9.17) is 4.42 Å². The van der Waals surface area contributed by atoms with Gasteiger partial charge in [0, 0.05) is 31.1 Å². The number of piperidine rings is 1. The van der Waals surface area contributed by atoms with E-state index in [-0.39, 0.29) is 5.91 Å². The number of furan rings is 1. The van der Waals surface area contributed by atoms with Crippen molar-refractivity contribution in [3.63, 3.8) is 0 Å². The number of benzene rings is 1. The highest BCUT2D eigenvalue weighted by Crippen LogP contribution is 2.38. The Morgan fingerprint density at radius 3 is 2.92 bits per heavy atom. The van der Waals surface area contributed by atoms with E-state index in [9.17, 15) is 4.79 Å². The first-order valence-electron chi connectivity index (χ1n) is 8.79. The molecule has 1 aliphatic carbocycles. The molecular weight excluding hydrogens is 300 g/mol. The molecule has 2 heterocycles. The first-order valence-corrected chi connectivity index (χ1v) is 8.79. The minimum atomic E-state index is 0.228. The largest absolute Gasteiger partial charge is 0.464 e. The monoisotopic (exact) mass is 324 g/mol. The van der Waals surface area contributed by atoms with Crippen molar-refractivity contribution in [1.82, 2.24) is 10.2 Å². The lowest BCUT2D eigenvalue weighted by Crippen LogP contribution is -2.38. The van der Waals surface area contributed by atoms with Crippen LogP contribution in [-0.2, 0) is 11.3 Å². The molecule has 0 bridgehead atoms. The van der Waals surface area contributed by atoms with Gasteiger partial charge in [-0.05, 0) is 55.5 Å². The molecule has 1 aromatic carbocycles. The number of rotatable bonds is 4. The highest BCUT2D eigenvalue weighted by Gasteiger charge is 2.39. The van der Waals surface area contributed by atoms with Gasteiger partial charge in [-0.15, -0.1) is 0 Å². The molecule has 1 aromatic heterocycles. The third-order valence-corrected chi connectivity index (χ3v) is 5.61. The molecule has 0 spiro atoms. The molecule has 1 amide bonds. The first kappa shape index (κ1) is 15.5. The maximum atomic E-state index is 11.6. The number of nitrogens with one attached hydrogen (secondary N) is 1. The van der Waals surface area contributed by atoms with Gasteiger partial charge >= 0.3 is 0 Å². The maximum absolute atomic E-state index is 11.6. The Balaban J connectivity index is 1.42. The van der Waals surface area contributed by atoms with Crippen LogP contribution in [0.4, 0.5) is 0 Å². The van der Waals surface area contributed by atoms with Crippen LogP contribution in [0.15, 0.2) is 47.1 Å². The fourth-order valence-electron chi connectivity index (χ4n) is 4.28. The summed E-state index contributed by atoms with van der Waals surface area (Å²) in [5, 5.41) is 3.02. The van der Waals surface area contributed by atoms with Crippen molar-refractivity contribution in [2.75, 3.05) is 13.6 Å². The van der Waals surface area contributed by atoms with Gasteiger partial charge in [-0.3, -0.25) is 9.69 Å². The number of fused-ring (bicyclic) bond motifs is 1. The second-order valence-corrected chi connectivity index (χ2v) is 7.25. The average molecular weight is 324 g/mol. The Morgan fingerprint density at radius 1 is 1.21 bits per heavy atom. The van der Waals surface area contributed by atoms with Crippen molar-refractivity contribution in [2.24, 2.45) is 11.8 Å². The molecule has 2 fully saturated rings. The van der Waals surface area contributed by atoms with Gasteiger partial charge in [0.25, 0.3) is 0 Å². The Morgan fingerprint density at radius 2 is 2.08 bits per heavy atom. The molecule has 1 saturated carbocycles. The van der Waals surface area contributed by atoms with E-state index in [1.807, 2.05) is 12.1 Å². The van der Waals surface area contributed by atoms with Crippen molar-refractivity contribution < 1.29 is 9.21 Å².